The fourth-order valence-corrected chi connectivity index (χ4v) is 2.31. The van der Waals surface area contributed by atoms with Crippen LogP contribution in [-0.2, 0) is 6.54 Å². The minimum absolute atomic E-state index is 0.660. The van der Waals surface area contributed by atoms with Crippen LogP contribution in [0.5, 0.6) is 0 Å². The molecule has 0 bridgehead atoms. The van der Waals surface area contributed by atoms with E-state index in [1.54, 1.807) is 11.7 Å². The van der Waals surface area contributed by atoms with Crippen LogP contribution in [0, 0.1) is 6.92 Å². The Hall–Kier alpha value is -1.20. The second-order valence-electron chi connectivity index (χ2n) is 3.28. The van der Waals surface area contributed by atoms with Crippen LogP contribution >= 0.6 is 11.3 Å². The van der Waals surface area contributed by atoms with Crippen molar-refractivity contribution in [1.29, 1.82) is 0 Å². The van der Waals surface area contributed by atoms with Crippen LogP contribution in [0.3, 0.4) is 0 Å². The highest BCUT2D eigenvalue weighted by Gasteiger charge is 2.19. The number of aliphatic hydroxyl groups excluding tert-OH is 1. The van der Waals surface area contributed by atoms with Crippen LogP contribution in [0.15, 0.2) is 17.9 Å². The van der Waals surface area contributed by atoms with Gasteiger partial charge >= 0.3 is 0 Å². The molecule has 2 rings (SSSR count). The third-order valence-corrected chi connectivity index (χ3v) is 3.35. The first-order chi connectivity index (χ1) is 7.24. The molecule has 5 heteroatoms. The van der Waals surface area contributed by atoms with Crippen LogP contribution < -0.4 is 0 Å². The third-order valence-electron chi connectivity index (χ3n) is 2.36. The molecule has 15 heavy (non-hydrogen) atoms. The Balaban J connectivity index is 2.36. The molecule has 4 nitrogen and oxygen atoms in total. The SMILES string of the molecule is CCn1ccnc1C(O)c1scnc1C. The number of imidazole rings is 1. The number of hydrogen-bond acceptors (Lipinski definition) is 4. The van der Waals surface area contributed by atoms with Gasteiger partial charge in [0, 0.05) is 18.9 Å². The second-order valence-corrected chi connectivity index (χ2v) is 4.16. The van der Waals surface area contributed by atoms with E-state index in [-0.39, 0.29) is 0 Å². The number of aromatic nitrogens is 3. The summed E-state index contributed by atoms with van der Waals surface area (Å²) < 4.78 is 1.93. The smallest absolute Gasteiger partial charge is 0.148 e. The summed E-state index contributed by atoms with van der Waals surface area (Å²) in [6.45, 7) is 4.73. The maximum atomic E-state index is 10.1. The molecule has 0 saturated heterocycles. The summed E-state index contributed by atoms with van der Waals surface area (Å²) in [5, 5.41) is 10.1. The molecule has 80 valence electrons. The topological polar surface area (TPSA) is 50.9 Å². The Morgan fingerprint density at radius 1 is 1.53 bits per heavy atom. The highest BCUT2D eigenvalue weighted by Crippen LogP contribution is 2.26. The molecular weight excluding hydrogens is 210 g/mol. The van der Waals surface area contributed by atoms with E-state index in [0.717, 1.165) is 17.1 Å². The van der Waals surface area contributed by atoms with E-state index in [0.29, 0.717) is 5.82 Å². The highest BCUT2D eigenvalue weighted by molar-refractivity contribution is 7.09. The predicted molar refractivity (Wildman–Crippen MR) is 58.8 cm³/mol. The monoisotopic (exact) mass is 223 g/mol. The van der Waals surface area contributed by atoms with Gasteiger partial charge in [-0.1, -0.05) is 0 Å². The second kappa shape index (κ2) is 4.12. The van der Waals surface area contributed by atoms with Gasteiger partial charge < -0.3 is 9.67 Å². The van der Waals surface area contributed by atoms with Gasteiger partial charge in [0.15, 0.2) is 0 Å². The molecule has 2 heterocycles. The lowest BCUT2D eigenvalue weighted by Crippen LogP contribution is -2.08. The Morgan fingerprint density at radius 2 is 2.33 bits per heavy atom. The number of rotatable bonds is 3. The van der Waals surface area contributed by atoms with E-state index in [9.17, 15) is 5.11 Å². The molecule has 2 aromatic rings. The molecular formula is C10H13N3OS. The van der Waals surface area contributed by atoms with Gasteiger partial charge in [-0.2, -0.15) is 0 Å². The molecule has 0 fully saturated rings. The van der Waals surface area contributed by atoms with Crippen molar-refractivity contribution in [1.82, 2.24) is 14.5 Å². The molecule has 2 aromatic heterocycles. The fourth-order valence-electron chi connectivity index (χ4n) is 1.53. The van der Waals surface area contributed by atoms with Crippen molar-refractivity contribution < 1.29 is 5.11 Å². The van der Waals surface area contributed by atoms with Crippen molar-refractivity contribution in [3.63, 3.8) is 0 Å². The van der Waals surface area contributed by atoms with Crippen molar-refractivity contribution in [2.45, 2.75) is 26.5 Å². The first kappa shape index (κ1) is 10.3. The number of hydrogen-bond donors (Lipinski definition) is 1. The van der Waals surface area contributed by atoms with Crippen LogP contribution in [0.25, 0.3) is 0 Å². The molecule has 0 aliphatic carbocycles. The summed E-state index contributed by atoms with van der Waals surface area (Å²) in [5.74, 6) is 0.685. The van der Waals surface area contributed by atoms with Gasteiger partial charge in [-0.15, -0.1) is 11.3 Å². The lowest BCUT2D eigenvalue weighted by atomic mass is 10.2. The summed E-state index contributed by atoms with van der Waals surface area (Å²) in [6, 6.07) is 0. The molecule has 0 aliphatic rings. The Bertz CT molecular complexity index is 449. The molecule has 1 N–H and O–H groups in total. The van der Waals surface area contributed by atoms with Crippen molar-refractivity contribution in [3.05, 3.63) is 34.3 Å². The van der Waals surface area contributed by atoms with E-state index >= 15 is 0 Å². The lowest BCUT2D eigenvalue weighted by Gasteiger charge is -2.10. The Labute approximate surface area is 92.2 Å². The van der Waals surface area contributed by atoms with Crippen LogP contribution in [0.1, 0.15) is 29.4 Å². The van der Waals surface area contributed by atoms with Gasteiger partial charge in [0.2, 0.25) is 0 Å². The van der Waals surface area contributed by atoms with Crippen LogP contribution in [0.2, 0.25) is 0 Å². The average Bonchev–Trinajstić information content (AvgIpc) is 2.84. The van der Waals surface area contributed by atoms with Gasteiger partial charge in [0.25, 0.3) is 0 Å². The summed E-state index contributed by atoms with van der Waals surface area (Å²) in [4.78, 5) is 9.17. The average molecular weight is 223 g/mol. The standard InChI is InChI=1S/C10H13N3OS/c1-3-13-5-4-11-10(13)8(14)9-7(2)12-6-15-9/h4-6,8,14H,3H2,1-2H3. The normalized spacial score (nSPS) is 13.0. The first-order valence-corrected chi connectivity index (χ1v) is 5.71. The summed E-state index contributed by atoms with van der Waals surface area (Å²) in [7, 11) is 0. The molecule has 0 saturated carbocycles. The summed E-state index contributed by atoms with van der Waals surface area (Å²) >= 11 is 1.46. The van der Waals surface area contributed by atoms with Crippen molar-refractivity contribution in [2.24, 2.45) is 0 Å². The zero-order valence-corrected chi connectivity index (χ0v) is 9.53. The van der Waals surface area contributed by atoms with E-state index < -0.39 is 6.10 Å². The van der Waals surface area contributed by atoms with Crippen molar-refractivity contribution >= 4 is 11.3 Å². The molecule has 1 unspecified atom stereocenters. The van der Waals surface area contributed by atoms with E-state index in [2.05, 4.69) is 9.97 Å². The zero-order chi connectivity index (χ0) is 10.8. The van der Waals surface area contributed by atoms with E-state index in [1.807, 2.05) is 24.6 Å². The zero-order valence-electron chi connectivity index (χ0n) is 8.71. The van der Waals surface area contributed by atoms with Crippen LogP contribution in [-0.4, -0.2) is 19.6 Å². The van der Waals surface area contributed by atoms with Gasteiger partial charge in [-0.05, 0) is 13.8 Å². The summed E-state index contributed by atoms with van der Waals surface area (Å²) in [6.07, 6.45) is 2.92. The van der Waals surface area contributed by atoms with Crippen LogP contribution in [0.4, 0.5) is 0 Å². The molecule has 0 spiro atoms. The molecule has 0 radical (unpaired) electrons. The quantitative estimate of drug-likeness (QED) is 0.862. The van der Waals surface area contributed by atoms with Crippen molar-refractivity contribution in [3.8, 4) is 0 Å². The first-order valence-electron chi connectivity index (χ1n) is 4.83. The molecule has 0 aliphatic heterocycles. The molecule has 1 atom stereocenters. The largest absolute Gasteiger partial charge is 0.379 e. The van der Waals surface area contributed by atoms with Gasteiger partial charge in [0.05, 0.1) is 16.1 Å². The minimum atomic E-state index is -0.660. The lowest BCUT2D eigenvalue weighted by molar-refractivity contribution is 0.207. The van der Waals surface area contributed by atoms with Crippen molar-refractivity contribution in [2.75, 3.05) is 0 Å². The fraction of sp³-hybridized carbons (Fsp3) is 0.400. The molecule has 0 aromatic carbocycles. The summed E-state index contributed by atoms with van der Waals surface area (Å²) in [5.41, 5.74) is 2.62. The maximum Gasteiger partial charge on any atom is 0.148 e. The Morgan fingerprint density at radius 3 is 2.93 bits per heavy atom. The third kappa shape index (κ3) is 1.80. The predicted octanol–water partition coefficient (Wildman–Crippen LogP) is 1.75. The number of aryl methyl sites for hydroxylation is 2. The molecule has 0 amide bonds. The van der Waals surface area contributed by atoms with Gasteiger partial charge in [0.1, 0.15) is 11.9 Å². The highest BCUT2D eigenvalue weighted by atomic mass is 32.1. The Kier molecular flexibility index (Phi) is 2.83. The number of thiazole rings is 1. The van der Waals surface area contributed by atoms with Gasteiger partial charge in [-0.3, -0.25) is 0 Å². The minimum Gasteiger partial charge on any atom is -0.379 e. The van der Waals surface area contributed by atoms with Gasteiger partial charge in [-0.25, -0.2) is 9.97 Å². The number of nitrogens with zero attached hydrogens (tertiary/aromatic N) is 3. The number of aliphatic hydroxyl groups is 1. The maximum absolute atomic E-state index is 10.1. The van der Waals surface area contributed by atoms with E-state index in [4.69, 9.17) is 0 Å². The van der Waals surface area contributed by atoms with E-state index in [1.165, 1.54) is 11.3 Å².